The summed E-state index contributed by atoms with van der Waals surface area (Å²) >= 11 is 0. The van der Waals surface area contributed by atoms with Crippen molar-refractivity contribution in [2.75, 3.05) is 6.54 Å². The van der Waals surface area contributed by atoms with Gasteiger partial charge in [-0.25, -0.2) is 0 Å². The normalized spacial score (nSPS) is 28.6. The number of benzene rings is 1. The minimum Gasteiger partial charge on any atom is -0.348 e. The maximum absolute atomic E-state index is 12.7. The maximum Gasteiger partial charge on any atom is 0.254 e. The van der Waals surface area contributed by atoms with Crippen molar-refractivity contribution in [3.05, 3.63) is 35.9 Å². The molecule has 1 N–H and O–H groups in total. The fourth-order valence-electron chi connectivity index (χ4n) is 3.59. The van der Waals surface area contributed by atoms with E-state index in [2.05, 4.69) is 19.2 Å². The fraction of sp³-hybridized carbons (Fsp3) is 0.500. The van der Waals surface area contributed by atoms with Crippen molar-refractivity contribution in [2.45, 2.75) is 38.3 Å². The molecule has 2 atom stereocenters. The van der Waals surface area contributed by atoms with Crippen LogP contribution in [-0.2, 0) is 4.79 Å². The number of hydrogen-bond acceptors (Lipinski definition) is 2. The molecular weight excluding hydrogens is 252 g/mol. The maximum atomic E-state index is 12.7. The van der Waals surface area contributed by atoms with E-state index >= 15 is 0 Å². The molecule has 0 aromatic heterocycles. The van der Waals surface area contributed by atoms with Crippen LogP contribution in [0.4, 0.5) is 0 Å². The molecule has 4 heteroatoms. The SMILES string of the molecule is CC(C)C1NC(=O)C12CCCN2C(=O)c1ccccc1. The molecular formula is C16H20N2O2. The minimum atomic E-state index is -0.610. The monoisotopic (exact) mass is 272 g/mol. The standard InChI is InChI=1S/C16H20N2O2/c1-11(2)13-16(15(20)17-13)9-6-10-18(16)14(19)12-7-4-3-5-8-12/h3-5,7-8,11,13H,6,9-10H2,1-2H3,(H,17,20). The average molecular weight is 272 g/mol. The van der Waals surface area contributed by atoms with Crippen molar-refractivity contribution in [3.63, 3.8) is 0 Å². The Kier molecular flexibility index (Phi) is 3.04. The summed E-state index contributed by atoms with van der Waals surface area (Å²) in [6.45, 7) is 4.86. The van der Waals surface area contributed by atoms with Gasteiger partial charge in [-0.2, -0.15) is 0 Å². The molecule has 1 spiro atoms. The number of amides is 2. The Labute approximate surface area is 119 Å². The van der Waals surface area contributed by atoms with E-state index in [1.165, 1.54) is 0 Å². The first kappa shape index (κ1) is 13.2. The quantitative estimate of drug-likeness (QED) is 0.835. The zero-order valence-corrected chi connectivity index (χ0v) is 11.9. The molecule has 20 heavy (non-hydrogen) atoms. The van der Waals surface area contributed by atoms with Gasteiger partial charge in [0.1, 0.15) is 5.54 Å². The van der Waals surface area contributed by atoms with Gasteiger partial charge in [-0.15, -0.1) is 0 Å². The number of likely N-dealkylation sites (tertiary alicyclic amines) is 1. The molecule has 0 radical (unpaired) electrons. The van der Waals surface area contributed by atoms with Crippen LogP contribution in [0.15, 0.2) is 30.3 Å². The highest BCUT2D eigenvalue weighted by molar-refractivity contribution is 6.03. The lowest BCUT2D eigenvalue weighted by molar-refractivity contribution is -0.147. The van der Waals surface area contributed by atoms with E-state index < -0.39 is 5.54 Å². The van der Waals surface area contributed by atoms with Gasteiger partial charge < -0.3 is 10.2 Å². The van der Waals surface area contributed by atoms with Crippen LogP contribution in [0.2, 0.25) is 0 Å². The summed E-state index contributed by atoms with van der Waals surface area (Å²) < 4.78 is 0. The van der Waals surface area contributed by atoms with Crippen LogP contribution in [-0.4, -0.2) is 34.8 Å². The zero-order valence-electron chi connectivity index (χ0n) is 11.9. The molecule has 2 saturated heterocycles. The molecule has 2 amide bonds. The summed E-state index contributed by atoms with van der Waals surface area (Å²) in [5, 5.41) is 2.98. The van der Waals surface area contributed by atoms with Gasteiger partial charge in [-0.1, -0.05) is 32.0 Å². The van der Waals surface area contributed by atoms with Crippen LogP contribution in [0.25, 0.3) is 0 Å². The Morgan fingerprint density at radius 3 is 2.65 bits per heavy atom. The lowest BCUT2D eigenvalue weighted by atomic mass is 9.73. The molecule has 106 valence electrons. The molecule has 1 aromatic rings. The zero-order chi connectivity index (χ0) is 14.3. The predicted octanol–water partition coefficient (Wildman–Crippen LogP) is 1.82. The molecule has 0 bridgehead atoms. The number of carbonyl (C=O) groups is 2. The summed E-state index contributed by atoms with van der Waals surface area (Å²) in [5.41, 5.74) is 0.0529. The van der Waals surface area contributed by atoms with Crippen LogP contribution in [0.3, 0.4) is 0 Å². The highest BCUT2D eigenvalue weighted by atomic mass is 16.2. The van der Waals surface area contributed by atoms with Crippen LogP contribution in [0.1, 0.15) is 37.0 Å². The van der Waals surface area contributed by atoms with E-state index in [1.807, 2.05) is 30.3 Å². The largest absolute Gasteiger partial charge is 0.348 e. The molecule has 2 aliphatic heterocycles. The number of rotatable bonds is 2. The van der Waals surface area contributed by atoms with Gasteiger partial charge in [0.05, 0.1) is 6.04 Å². The Hall–Kier alpha value is -1.84. The van der Waals surface area contributed by atoms with Crippen molar-refractivity contribution in [1.29, 1.82) is 0 Å². The summed E-state index contributed by atoms with van der Waals surface area (Å²) in [4.78, 5) is 26.7. The van der Waals surface area contributed by atoms with Gasteiger partial charge in [-0.05, 0) is 30.9 Å². The summed E-state index contributed by atoms with van der Waals surface area (Å²) in [7, 11) is 0. The van der Waals surface area contributed by atoms with Crippen molar-refractivity contribution in [3.8, 4) is 0 Å². The van der Waals surface area contributed by atoms with E-state index in [1.54, 1.807) is 4.90 Å². The van der Waals surface area contributed by atoms with Crippen LogP contribution >= 0.6 is 0 Å². The second kappa shape index (κ2) is 4.62. The smallest absolute Gasteiger partial charge is 0.254 e. The highest BCUT2D eigenvalue weighted by Crippen LogP contribution is 2.42. The molecule has 2 unspecified atom stereocenters. The summed E-state index contributed by atoms with van der Waals surface area (Å²) in [6.07, 6.45) is 1.68. The number of carbonyl (C=O) groups excluding carboxylic acids is 2. The van der Waals surface area contributed by atoms with Gasteiger partial charge in [-0.3, -0.25) is 9.59 Å². The first-order chi connectivity index (χ1) is 9.57. The first-order valence-corrected chi connectivity index (χ1v) is 7.25. The van der Waals surface area contributed by atoms with E-state index in [0.717, 1.165) is 12.8 Å². The van der Waals surface area contributed by atoms with Crippen LogP contribution in [0, 0.1) is 5.92 Å². The van der Waals surface area contributed by atoms with Gasteiger partial charge in [0.25, 0.3) is 5.91 Å². The molecule has 1 aromatic carbocycles. The molecule has 3 rings (SSSR count). The third-order valence-corrected chi connectivity index (χ3v) is 4.55. The second-order valence-corrected chi connectivity index (χ2v) is 6.05. The lowest BCUT2D eigenvalue weighted by Gasteiger charge is -2.53. The lowest BCUT2D eigenvalue weighted by Crippen LogP contribution is -2.79. The van der Waals surface area contributed by atoms with Crippen molar-refractivity contribution in [2.24, 2.45) is 5.92 Å². The van der Waals surface area contributed by atoms with Gasteiger partial charge >= 0.3 is 0 Å². The third kappa shape index (κ3) is 1.67. The van der Waals surface area contributed by atoms with Crippen LogP contribution < -0.4 is 5.32 Å². The van der Waals surface area contributed by atoms with Crippen molar-refractivity contribution >= 4 is 11.8 Å². The third-order valence-electron chi connectivity index (χ3n) is 4.55. The molecule has 0 saturated carbocycles. The summed E-state index contributed by atoms with van der Waals surface area (Å²) in [6, 6.07) is 9.31. The van der Waals surface area contributed by atoms with Crippen molar-refractivity contribution < 1.29 is 9.59 Å². The number of β-lactam (4-membered cyclic amide) rings is 1. The number of hydrogen-bond donors (Lipinski definition) is 1. The fourth-order valence-corrected chi connectivity index (χ4v) is 3.59. The Balaban J connectivity index is 1.93. The molecule has 2 aliphatic rings. The van der Waals surface area contributed by atoms with E-state index in [9.17, 15) is 9.59 Å². The molecule has 4 nitrogen and oxygen atoms in total. The summed E-state index contributed by atoms with van der Waals surface area (Å²) in [5.74, 6) is 0.318. The van der Waals surface area contributed by atoms with Gasteiger partial charge in [0.15, 0.2) is 0 Å². The number of nitrogens with zero attached hydrogens (tertiary/aromatic N) is 1. The van der Waals surface area contributed by atoms with Gasteiger partial charge in [0.2, 0.25) is 5.91 Å². The first-order valence-electron chi connectivity index (χ1n) is 7.25. The predicted molar refractivity (Wildman–Crippen MR) is 76.2 cm³/mol. The Bertz CT molecular complexity index is 541. The minimum absolute atomic E-state index is 0.0120. The highest BCUT2D eigenvalue weighted by Gasteiger charge is 2.62. The topological polar surface area (TPSA) is 49.4 Å². The Morgan fingerprint density at radius 2 is 2.05 bits per heavy atom. The Morgan fingerprint density at radius 1 is 1.35 bits per heavy atom. The molecule has 0 aliphatic carbocycles. The van der Waals surface area contributed by atoms with E-state index in [-0.39, 0.29) is 17.9 Å². The molecule has 2 fully saturated rings. The van der Waals surface area contributed by atoms with Gasteiger partial charge in [0, 0.05) is 12.1 Å². The van der Waals surface area contributed by atoms with E-state index in [0.29, 0.717) is 18.0 Å². The second-order valence-electron chi connectivity index (χ2n) is 6.05. The van der Waals surface area contributed by atoms with Crippen LogP contribution in [0.5, 0.6) is 0 Å². The van der Waals surface area contributed by atoms with Crippen molar-refractivity contribution in [1.82, 2.24) is 10.2 Å². The average Bonchev–Trinajstić information content (AvgIpc) is 2.92. The van der Waals surface area contributed by atoms with E-state index in [4.69, 9.17) is 0 Å². The number of nitrogens with one attached hydrogen (secondary N) is 1. The molecule has 2 heterocycles.